The summed E-state index contributed by atoms with van der Waals surface area (Å²) in [6, 6.07) is 72.6. The van der Waals surface area contributed by atoms with Crippen molar-refractivity contribution in [3.05, 3.63) is 200 Å². The highest BCUT2D eigenvalue weighted by atomic mass is 28.3. The number of hydrogen-bond donors (Lipinski definition) is 0. The molecule has 0 bridgehead atoms. The lowest BCUT2D eigenvalue weighted by atomic mass is 9.97. The molecule has 0 atom stereocenters. The number of hydrogen-bond acceptors (Lipinski definition) is 2. The normalized spacial score (nSPS) is 13.0. The second kappa shape index (κ2) is 11.9. The van der Waals surface area contributed by atoms with Gasteiger partial charge in [-0.05, 0) is 96.6 Å². The fourth-order valence-corrected chi connectivity index (χ4v) is 13.7. The van der Waals surface area contributed by atoms with Crippen LogP contribution in [0.25, 0.3) is 33.4 Å². The fraction of sp³-hybridized carbons (Fsp3) is 0. The Morgan fingerprint density at radius 1 is 0.314 bits per heavy atom. The second-order valence-corrected chi connectivity index (χ2v) is 16.9. The van der Waals surface area contributed by atoms with Crippen LogP contribution in [0.2, 0.25) is 0 Å². The van der Waals surface area contributed by atoms with Gasteiger partial charge in [0.05, 0.1) is 0 Å². The van der Waals surface area contributed by atoms with Crippen LogP contribution in [0, 0.1) is 0 Å². The number of fused-ring (bicyclic) bond motifs is 9. The zero-order chi connectivity index (χ0) is 33.8. The molecular formula is C48H33NOSi. The highest BCUT2D eigenvalue weighted by Gasteiger charge is 2.53. The van der Waals surface area contributed by atoms with Crippen LogP contribution in [0.1, 0.15) is 0 Å². The molecule has 2 nitrogen and oxygen atoms in total. The molecule has 2 heterocycles. The zero-order valence-corrected chi connectivity index (χ0v) is 28.9. The predicted molar refractivity (Wildman–Crippen MR) is 215 cm³/mol. The molecule has 0 saturated carbocycles. The Morgan fingerprint density at radius 3 is 1.41 bits per heavy atom. The maximum Gasteiger partial charge on any atom is 0.189 e. The minimum absolute atomic E-state index is 0.924. The van der Waals surface area contributed by atoms with E-state index >= 15 is 0 Å². The number of para-hydroxylation sites is 2. The number of benzene rings is 8. The van der Waals surface area contributed by atoms with Crippen LogP contribution in [-0.2, 0) is 0 Å². The van der Waals surface area contributed by atoms with Crippen molar-refractivity contribution in [2.45, 2.75) is 0 Å². The molecular weight excluding hydrogens is 635 g/mol. The fourth-order valence-electron chi connectivity index (χ4n) is 8.35. The largest absolute Gasteiger partial charge is 0.457 e. The van der Waals surface area contributed by atoms with E-state index in [1.165, 1.54) is 54.1 Å². The van der Waals surface area contributed by atoms with Crippen LogP contribution in [0.5, 0.6) is 11.5 Å². The lowest BCUT2D eigenvalue weighted by Gasteiger charge is -2.38. The molecule has 3 heteroatoms. The Bertz CT molecular complexity index is 2460. The highest BCUT2D eigenvalue weighted by molar-refractivity contribution is 7.23. The molecule has 8 aromatic rings. The van der Waals surface area contributed by atoms with Crippen molar-refractivity contribution in [1.82, 2.24) is 0 Å². The van der Waals surface area contributed by atoms with E-state index in [4.69, 9.17) is 4.74 Å². The monoisotopic (exact) mass is 667 g/mol. The van der Waals surface area contributed by atoms with Gasteiger partial charge in [-0.25, -0.2) is 0 Å². The lowest BCUT2D eigenvalue weighted by molar-refractivity contribution is 0.487. The minimum Gasteiger partial charge on any atom is -0.457 e. The SMILES string of the molecule is c1ccc(-c2cc(-c3ccccc3)cc(N(c3ccccc3)c3ccc4c(c3)Oc3ccccc3[Si]43c4ccccc4-c4ccccc43)c2)cc1. The van der Waals surface area contributed by atoms with Crippen LogP contribution in [0.3, 0.4) is 0 Å². The van der Waals surface area contributed by atoms with E-state index in [2.05, 4.69) is 205 Å². The summed E-state index contributed by atoms with van der Waals surface area (Å²) in [4.78, 5) is 2.37. The summed E-state index contributed by atoms with van der Waals surface area (Å²) >= 11 is 0. The van der Waals surface area contributed by atoms with E-state index in [1.54, 1.807) is 0 Å². The maximum absolute atomic E-state index is 6.95. The minimum atomic E-state index is -2.67. The molecule has 10 rings (SSSR count). The van der Waals surface area contributed by atoms with Crippen molar-refractivity contribution in [3.63, 3.8) is 0 Å². The van der Waals surface area contributed by atoms with Gasteiger partial charge in [-0.2, -0.15) is 0 Å². The Hall–Kier alpha value is -6.42. The first-order valence-electron chi connectivity index (χ1n) is 17.5. The third kappa shape index (κ3) is 4.63. The van der Waals surface area contributed by atoms with E-state index in [-0.39, 0.29) is 0 Å². The molecule has 0 N–H and O–H groups in total. The average Bonchev–Trinajstić information content (AvgIpc) is 3.50. The van der Waals surface area contributed by atoms with E-state index in [0.29, 0.717) is 0 Å². The molecule has 8 aromatic carbocycles. The summed E-state index contributed by atoms with van der Waals surface area (Å²) in [5, 5.41) is 5.46. The van der Waals surface area contributed by atoms with Gasteiger partial charge in [0.1, 0.15) is 11.5 Å². The average molecular weight is 668 g/mol. The molecule has 0 fully saturated rings. The second-order valence-electron chi connectivity index (χ2n) is 13.3. The van der Waals surface area contributed by atoms with Gasteiger partial charge in [0.15, 0.2) is 8.07 Å². The molecule has 2 aliphatic heterocycles. The highest BCUT2D eigenvalue weighted by Crippen LogP contribution is 2.42. The Morgan fingerprint density at radius 2 is 0.804 bits per heavy atom. The molecule has 0 saturated heterocycles. The Kier molecular flexibility index (Phi) is 6.86. The summed E-state index contributed by atoms with van der Waals surface area (Å²) in [6.45, 7) is 0. The van der Waals surface area contributed by atoms with Crippen molar-refractivity contribution in [2.75, 3.05) is 4.90 Å². The van der Waals surface area contributed by atoms with Gasteiger partial charge in [-0.3, -0.25) is 0 Å². The summed E-state index contributed by atoms with van der Waals surface area (Å²) in [7, 11) is -2.67. The molecule has 0 aliphatic carbocycles. The van der Waals surface area contributed by atoms with Gasteiger partial charge in [-0.1, -0.05) is 152 Å². The van der Waals surface area contributed by atoms with Crippen molar-refractivity contribution in [3.8, 4) is 44.9 Å². The van der Waals surface area contributed by atoms with Crippen molar-refractivity contribution < 1.29 is 4.74 Å². The van der Waals surface area contributed by atoms with Crippen LogP contribution in [0.4, 0.5) is 17.1 Å². The van der Waals surface area contributed by atoms with Crippen molar-refractivity contribution >= 4 is 45.9 Å². The number of ether oxygens (including phenoxy) is 1. The summed E-state index contributed by atoms with van der Waals surface area (Å²) in [5.41, 5.74) is 10.6. The molecule has 2 aliphatic rings. The maximum atomic E-state index is 6.95. The van der Waals surface area contributed by atoms with Crippen LogP contribution in [-0.4, -0.2) is 8.07 Å². The van der Waals surface area contributed by atoms with E-state index in [0.717, 1.165) is 28.6 Å². The standard InChI is InChI=1S/C48H33NOSi/c1-4-16-34(17-5-1)36-30-37(35-18-6-2-7-19-35)32-40(31-36)49(38-20-8-3-9-21-38)39-28-29-48-44(33-39)50-43-24-12-15-27-47(43)51(48)45-25-13-10-22-41(45)42-23-11-14-26-46(42)51/h1-33H. The number of nitrogens with zero attached hydrogens (tertiary/aromatic N) is 1. The van der Waals surface area contributed by atoms with Crippen LogP contribution in [0.15, 0.2) is 200 Å². The molecule has 0 unspecified atom stereocenters. The molecule has 1 spiro atoms. The summed E-state index contributed by atoms with van der Waals surface area (Å²) < 4.78 is 6.95. The van der Waals surface area contributed by atoms with E-state index < -0.39 is 8.07 Å². The van der Waals surface area contributed by atoms with Gasteiger partial charge in [0.2, 0.25) is 0 Å². The third-order valence-electron chi connectivity index (χ3n) is 10.5. The van der Waals surface area contributed by atoms with Gasteiger partial charge in [0.25, 0.3) is 0 Å². The topological polar surface area (TPSA) is 12.5 Å². The Balaban J connectivity index is 1.21. The van der Waals surface area contributed by atoms with Crippen LogP contribution >= 0.6 is 0 Å². The summed E-state index contributed by atoms with van der Waals surface area (Å²) in [5.74, 6) is 1.87. The van der Waals surface area contributed by atoms with E-state index in [9.17, 15) is 0 Å². The van der Waals surface area contributed by atoms with Crippen LogP contribution < -0.4 is 30.4 Å². The first-order valence-corrected chi connectivity index (χ1v) is 19.5. The van der Waals surface area contributed by atoms with Crippen molar-refractivity contribution in [1.29, 1.82) is 0 Å². The van der Waals surface area contributed by atoms with Gasteiger partial charge in [0, 0.05) is 23.1 Å². The molecule has 0 amide bonds. The van der Waals surface area contributed by atoms with Gasteiger partial charge >= 0.3 is 0 Å². The van der Waals surface area contributed by atoms with Gasteiger partial charge in [-0.15, -0.1) is 0 Å². The first kappa shape index (κ1) is 29.5. The summed E-state index contributed by atoms with van der Waals surface area (Å²) in [6.07, 6.45) is 0. The van der Waals surface area contributed by atoms with Crippen molar-refractivity contribution in [2.24, 2.45) is 0 Å². The first-order chi connectivity index (χ1) is 25.3. The lowest BCUT2D eigenvalue weighted by Crippen LogP contribution is -2.74. The smallest absolute Gasteiger partial charge is 0.189 e. The quantitative estimate of drug-likeness (QED) is 0.170. The third-order valence-corrected chi connectivity index (χ3v) is 15.4. The molecule has 0 radical (unpaired) electrons. The Labute approximate surface area is 299 Å². The molecule has 0 aromatic heterocycles. The zero-order valence-electron chi connectivity index (χ0n) is 27.9. The van der Waals surface area contributed by atoms with E-state index in [1.807, 2.05) is 0 Å². The molecule has 51 heavy (non-hydrogen) atoms. The molecule has 240 valence electrons. The number of anilines is 3. The van der Waals surface area contributed by atoms with Gasteiger partial charge < -0.3 is 9.64 Å². The number of rotatable bonds is 5. The predicted octanol–water partition coefficient (Wildman–Crippen LogP) is 9.95.